The number of morpholine rings is 1. The lowest BCUT2D eigenvalue weighted by molar-refractivity contribution is 0.00728. The molecule has 1 aliphatic heterocycles. The number of urea groups is 1. The number of carbonyl (C=O) groups excluding carboxylic acids is 1. The minimum absolute atomic E-state index is 0.176. The van der Waals surface area contributed by atoms with Crippen molar-refractivity contribution in [3.63, 3.8) is 0 Å². The Balaban J connectivity index is 1.52. The van der Waals surface area contributed by atoms with Crippen LogP contribution in [0, 0.1) is 5.92 Å². The number of nitrogens with zero attached hydrogens (tertiary/aromatic N) is 3. The molecule has 146 valence electrons. The molecule has 3 rings (SSSR count). The van der Waals surface area contributed by atoms with Gasteiger partial charge in [-0.25, -0.2) is 4.79 Å². The van der Waals surface area contributed by atoms with E-state index in [4.69, 9.17) is 4.74 Å². The van der Waals surface area contributed by atoms with E-state index >= 15 is 0 Å². The summed E-state index contributed by atoms with van der Waals surface area (Å²) in [7, 11) is 0. The summed E-state index contributed by atoms with van der Waals surface area (Å²) in [6.07, 6.45) is 3.68. The first-order valence-corrected chi connectivity index (χ1v) is 9.55. The maximum Gasteiger partial charge on any atom is 0.319 e. The summed E-state index contributed by atoms with van der Waals surface area (Å²) < 4.78 is 7.29. The predicted molar refractivity (Wildman–Crippen MR) is 106 cm³/mol. The Bertz CT molecular complexity index is 711. The van der Waals surface area contributed by atoms with Gasteiger partial charge in [-0.15, -0.1) is 0 Å². The Labute approximate surface area is 160 Å². The molecule has 0 spiro atoms. The quantitative estimate of drug-likeness (QED) is 0.784. The summed E-state index contributed by atoms with van der Waals surface area (Å²) in [6, 6.07) is 9.87. The van der Waals surface area contributed by atoms with Crippen molar-refractivity contribution in [3.8, 4) is 0 Å². The van der Waals surface area contributed by atoms with E-state index in [0.717, 1.165) is 37.6 Å². The van der Waals surface area contributed by atoms with Crippen molar-refractivity contribution in [2.45, 2.75) is 26.4 Å². The lowest BCUT2D eigenvalue weighted by Crippen LogP contribution is -2.51. The van der Waals surface area contributed by atoms with Crippen LogP contribution in [-0.2, 0) is 11.3 Å². The molecule has 7 heteroatoms. The monoisotopic (exact) mass is 371 g/mol. The number of ether oxygens (including phenoxy) is 1. The van der Waals surface area contributed by atoms with E-state index in [1.54, 1.807) is 6.20 Å². The third kappa shape index (κ3) is 5.80. The van der Waals surface area contributed by atoms with Gasteiger partial charge in [0.2, 0.25) is 0 Å². The van der Waals surface area contributed by atoms with Gasteiger partial charge < -0.3 is 15.4 Å². The van der Waals surface area contributed by atoms with Gasteiger partial charge in [0, 0.05) is 43.8 Å². The highest BCUT2D eigenvalue weighted by atomic mass is 16.5. The molecular weight excluding hydrogens is 342 g/mol. The molecule has 2 amide bonds. The van der Waals surface area contributed by atoms with Crippen LogP contribution in [-0.4, -0.2) is 59.6 Å². The average Bonchev–Trinajstić information content (AvgIpc) is 3.16. The van der Waals surface area contributed by atoms with Crippen LogP contribution < -0.4 is 10.6 Å². The summed E-state index contributed by atoms with van der Waals surface area (Å²) >= 11 is 0. The van der Waals surface area contributed by atoms with E-state index < -0.39 is 0 Å². The molecule has 0 aliphatic carbocycles. The van der Waals surface area contributed by atoms with Gasteiger partial charge in [0.15, 0.2) is 0 Å². The molecule has 1 aromatic carbocycles. The zero-order chi connectivity index (χ0) is 19.1. The van der Waals surface area contributed by atoms with Gasteiger partial charge in [0.25, 0.3) is 0 Å². The van der Waals surface area contributed by atoms with Crippen LogP contribution in [0.15, 0.2) is 42.7 Å². The van der Waals surface area contributed by atoms with Crippen molar-refractivity contribution in [2.75, 3.05) is 38.2 Å². The first-order chi connectivity index (χ1) is 13.1. The van der Waals surface area contributed by atoms with Crippen molar-refractivity contribution in [1.29, 1.82) is 0 Å². The number of amides is 2. The molecule has 1 atom stereocenters. The fraction of sp³-hybridized carbons (Fsp3) is 0.500. The van der Waals surface area contributed by atoms with Crippen molar-refractivity contribution >= 4 is 11.7 Å². The molecule has 2 heterocycles. The van der Waals surface area contributed by atoms with Gasteiger partial charge in [-0.3, -0.25) is 9.58 Å². The Morgan fingerprint density at radius 1 is 1.26 bits per heavy atom. The molecule has 1 aromatic heterocycles. The molecule has 1 fully saturated rings. The highest BCUT2D eigenvalue weighted by molar-refractivity contribution is 5.89. The summed E-state index contributed by atoms with van der Waals surface area (Å²) in [5, 5.41) is 10.2. The number of nitrogens with one attached hydrogen (secondary N) is 2. The zero-order valence-electron chi connectivity index (χ0n) is 16.1. The van der Waals surface area contributed by atoms with Crippen LogP contribution in [0.2, 0.25) is 0 Å². The van der Waals surface area contributed by atoms with E-state index in [1.807, 2.05) is 41.2 Å². The number of hydrogen-bond acceptors (Lipinski definition) is 4. The lowest BCUT2D eigenvalue weighted by atomic mass is 10.0. The minimum atomic E-state index is -0.176. The Morgan fingerprint density at radius 3 is 2.78 bits per heavy atom. The highest BCUT2D eigenvalue weighted by Crippen LogP contribution is 2.14. The fourth-order valence-corrected chi connectivity index (χ4v) is 3.40. The van der Waals surface area contributed by atoms with Gasteiger partial charge in [0.05, 0.1) is 19.8 Å². The van der Waals surface area contributed by atoms with Gasteiger partial charge in [-0.05, 0) is 29.7 Å². The van der Waals surface area contributed by atoms with Gasteiger partial charge >= 0.3 is 6.03 Å². The van der Waals surface area contributed by atoms with Gasteiger partial charge in [-0.1, -0.05) is 26.0 Å². The first kappa shape index (κ1) is 19.4. The second-order valence-corrected chi connectivity index (χ2v) is 7.20. The van der Waals surface area contributed by atoms with E-state index in [2.05, 4.69) is 34.5 Å². The summed E-state index contributed by atoms with van der Waals surface area (Å²) in [5.41, 5.74) is 1.87. The Morgan fingerprint density at radius 2 is 2.07 bits per heavy atom. The summed E-state index contributed by atoms with van der Waals surface area (Å²) in [4.78, 5) is 14.8. The first-order valence-electron chi connectivity index (χ1n) is 9.55. The van der Waals surface area contributed by atoms with Crippen LogP contribution >= 0.6 is 0 Å². The normalized spacial score (nSPS) is 16.3. The topological polar surface area (TPSA) is 71.4 Å². The molecule has 0 bridgehead atoms. The van der Waals surface area contributed by atoms with E-state index in [-0.39, 0.29) is 6.03 Å². The zero-order valence-corrected chi connectivity index (χ0v) is 16.1. The fourth-order valence-electron chi connectivity index (χ4n) is 3.40. The van der Waals surface area contributed by atoms with Gasteiger partial charge in [-0.2, -0.15) is 5.10 Å². The second kappa shape index (κ2) is 9.53. The maximum atomic E-state index is 12.4. The maximum absolute atomic E-state index is 12.4. The van der Waals surface area contributed by atoms with Crippen LogP contribution in [0.5, 0.6) is 0 Å². The lowest BCUT2D eigenvalue weighted by Gasteiger charge is -2.36. The summed E-state index contributed by atoms with van der Waals surface area (Å²) in [5.74, 6) is 0.459. The number of rotatable bonds is 7. The van der Waals surface area contributed by atoms with Crippen molar-refractivity contribution in [2.24, 2.45) is 5.92 Å². The molecule has 0 saturated carbocycles. The van der Waals surface area contributed by atoms with E-state index in [1.165, 1.54) is 0 Å². The number of anilines is 1. The van der Waals surface area contributed by atoms with Crippen LogP contribution in [0.3, 0.4) is 0 Å². The number of carbonyl (C=O) groups is 1. The van der Waals surface area contributed by atoms with Crippen LogP contribution in [0.25, 0.3) is 0 Å². The largest absolute Gasteiger partial charge is 0.379 e. The Hall–Kier alpha value is -2.38. The smallest absolute Gasteiger partial charge is 0.319 e. The molecule has 0 radical (unpaired) electrons. The molecule has 2 N–H and O–H groups in total. The molecule has 27 heavy (non-hydrogen) atoms. The van der Waals surface area contributed by atoms with Crippen molar-refractivity contribution in [1.82, 2.24) is 20.0 Å². The summed E-state index contributed by atoms with van der Waals surface area (Å²) in [6.45, 7) is 9.05. The number of benzene rings is 1. The molecule has 7 nitrogen and oxygen atoms in total. The van der Waals surface area contributed by atoms with Gasteiger partial charge in [0.1, 0.15) is 0 Å². The van der Waals surface area contributed by atoms with Crippen molar-refractivity contribution < 1.29 is 9.53 Å². The standard InChI is InChI=1S/C20H29N5O2/c1-16(2)19(24-9-11-27-12-10-24)14-21-20(26)23-18-6-3-5-17(13-18)15-25-8-4-7-22-25/h3-8,13,16,19H,9-12,14-15H2,1-2H3,(H2,21,23,26). The average molecular weight is 371 g/mol. The SMILES string of the molecule is CC(C)C(CNC(=O)Nc1cccc(Cn2cccn2)c1)N1CCOCC1. The molecule has 1 aliphatic rings. The van der Waals surface area contributed by atoms with Crippen molar-refractivity contribution in [3.05, 3.63) is 48.3 Å². The third-order valence-corrected chi connectivity index (χ3v) is 4.84. The minimum Gasteiger partial charge on any atom is -0.379 e. The van der Waals surface area contributed by atoms with Crippen LogP contribution in [0.4, 0.5) is 10.5 Å². The highest BCUT2D eigenvalue weighted by Gasteiger charge is 2.24. The molecule has 2 aromatic rings. The third-order valence-electron chi connectivity index (χ3n) is 4.84. The number of hydrogen-bond donors (Lipinski definition) is 2. The second-order valence-electron chi connectivity index (χ2n) is 7.20. The van der Waals surface area contributed by atoms with E-state index in [9.17, 15) is 4.79 Å². The Kier molecular flexibility index (Phi) is 6.84. The molecule has 1 unspecified atom stereocenters. The predicted octanol–water partition coefficient (Wildman–Crippen LogP) is 2.41. The molecular formula is C20H29N5O2. The van der Waals surface area contributed by atoms with Crippen LogP contribution in [0.1, 0.15) is 19.4 Å². The number of aromatic nitrogens is 2. The molecule has 1 saturated heterocycles. The van der Waals surface area contributed by atoms with E-state index in [0.29, 0.717) is 25.0 Å².